The second-order valence-corrected chi connectivity index (χ2v) is 8.46. The molecule has 5 nitrogen and oxygen atoms in total. The van der Waals surface area contributed by atoms with Gasteiger partial charge in [-0.3, -0.25) is 0 Å². The third kappa shape index (κ3) is 3.69. The molecule has 0 amide bonds. The third-order valence-corrected chi connectivity index (χ3v) is 5.22. The predicted molar refractivity (Wildman–Crippen MR) is 80.5 cm³/mol. The number of sulfone groups is 1. The van der Waals surface area contributed by atoms with Crippen LogP contribution in [0.4, 0.5) is 0 Å². The highest BCUT2D eigenvalue weighted by Gasteiger charge is 2.30. The smallest absolute Gasteiger partial charge is 0.244 e. The minimum absolute atomic E-state index is 0.0394. The van der Waals surface area contributed by atoms with Crippen molar-refractivity contribution in [3.8, 4) is 0 Å². The van der Waals surface area contributed by atoms with Gasteiger partial charge in [0.1, 0.15) is 5.25 Å². The van der Waals surface area contributed by atoms with Crippen LogP contribution in [0, 0.1) is 0 Å². The van der Waals surface area contributed by atoms with Gasteiger partial charge in [-0.1, -0.05) is 56.3 Å². The monoisotopic (exact) mass is 308 g/mol. The van der Waals surface area contributed by atoms with E-state index in [1.807, 2.05) is 39.0 Å². The first-order chi connectivity index (χ1) is 9.70. The molecule has 1 aromatic heterocycles. The number of nitrogens with zero attached hydrogens (tertiary/aromatic N) is 2. The van der Waals surface area contributed by atoms with E-state index in [1.165, 1.54) is 0 Å². The molecule has 0 N–H and O–H groups in total. The molecule has 0 saturated carbocycles. The second-order valence-electron chi connectivity index (χ2n) is 6.14. The van der Waals surface area contributed by atoms with E-state index >= 15 is 0 Å². The average molecular weight is 308 g/mol. The van der Waals surface area contributed by atoms with Crippen LogP contribution in [0.2, 0.25) is 0 Å². The molecule has 2 rings (SSSR count). The lowest BCUT2D eigenvalue weighted by Gasteiger charge is -2.11. The minimum Gasteiger partial charge on any atom is -0.338 e. The van der Waals surface area contributed by atoms with Gasteiger partial charge in [-0.15, -0.1) is 0 Å². The Bertz CT molecular complexity index is 700. The van der Waals surface area contributed by atoms with E-state index in [0.717, 1.165) is 5.56 Å². The number of rotatable bonds is 4. The first kappa shape index (κ1) is 15.7. The SMILES string of the molecule is C[C@@H](c1nc(C(C)(C)C)no1)S(=O)(=O)Cc1ccccc1. The van der Waals surface area contributed by atoms with Crippen molar-refractivity contribution in [2.45, 2.75) is 44.1 Å². The highest BCUT2D eigenvalue weighted by molar-refractivity contribution is 7.90. The van der Waals surface area contributed by atoms with E-state index in [4.69, 9.17) is 4.52 Å². The Kier molecular flexibility index (Phi) is 4.18. The first-order valence-corrected chi connectivity index (χ1v) is 8.51. The summed E-state index contributed by atoms with van der Waals surface area (Å²) in [6.45, 7) is 7.43. The Morgan fingerprint density at radius 3 is 2.33 bits per heavy atom. The molecule has 1 aromatic carbocycles. The minimum atomic E-state index is -3.39. The van der Waals surface area contributed by atoms with Crippen molar-refractivity contribution < 1.29 is 12.9 Å². The Balaban J connectivity index is 2.22. The van der Waals surface area contributed by atoms with E-state index in [1.54, 1.807) is 19.1 Å². The Labute approximate surface area is 125 Å². The van der Waals surface area contributed by atoms with Gasteiger partial charge in [-0.25, -0.2) is 8.42 Å². The fraction of sp³-hybridized carbons (Fsp3) is 0.467. The van der Waals surface area contributed by atoms with Crippen LogP contribution < -0.4 is 0 Å². The maximum absolute atomic E-state index is 12.4. The van der Waals surface area contributed by atoms with Crippen molar-refractivity contribution in [3.05, 3.63) is 47.6 Å². The van der Waals surface area contributed by atoms with Gasteiger partial charge in [-0.05, 0) is 12.5 Å². The largest absolute Gasteiger partial charge is 0.338 e. The quantitative estimate of drug-likeness (QED) is 0.868. The molecule has 0 aliphatic carbocycles. The third-order valence-electron chi connectivity index (χ3n) is 3.21. The van der Waals surface area contributed by atoms with Gasteiger partial charge < -0.3 is 4.52 Å². The van der Waals surface area contributed by atoms with E-state index < -0.39 is 15.1 Å². The van der Waals surface area contributed by atoms with Crippen LogP contribution >= 0.6 is 0 Å². The van der Waals surface area contributed by atoms with Crippen molar-refractivity contribution in [3.63, 3.8) is 0 Å². The maximum atomic E-state index is 12.4. The summed E-state index contributed by atoms with van der Waals surface area (Å²) in [7, 11) is -3.39. The maximum Gasteiger partial charge on any atom is 0.244 e. The highest BCUT2D eigenvalue weighted by Crippen LogP contribution is 2.26. The van der Waals surface area contributed by atoms with Crippen LogP contribution in [0.1, 0.15) is 50.2 Å². The van der Waals surface area contributed by atoms with E-state index in [-0.39, 0.29) is 17.1 Å². The highest BCUT2D eigenvalue weighted by atomic mass is 32.2. The van der Waals surface area contributed by atoms with Gasteiger partial charge in [0.15, 0.2) is 15.7 Å². The zero-order valence-corrected chi connectivity index (χ0v) is 13.5. The predicted octanol–water partition coefficient (Wildman–Crippen LogP) is 3.04. The van der Waals surface area contributed by atoms with Gasteiger partial charge >= 0.3 is 0 Å². The molecule has 0 fully saturated rings. The van der Waals surface area contributed by atoms with Crippen LogP contribution in [0.15, 0.2) is 34.9 Å². The summed E-state index contributed by atoms with van der Waals surface area (Å²) in [6, 6.07) is 9.07. The second kappa shape index (κ2) is 5.60. The van der Waals surface area contributed by atoms with Crippen LogP contribution in [-0.2, 0) is 21.0 Å². The summed E-state index contributed by atoms with van der Waals surface area (Å²) in [5, 5.41) is 3.06. The lowest BCUT2D eigenvalue weighted by atomic mass is 9.96. The fourth-order valence-corrected chi connectivity index (χ4v) is 3.10. The van der Waals surface area contributed by atoms with Crippen molar-refractivity contribution >= 4 is 9.84 Å². The summed E-state index contributed by atoms with van der Waals surface area (Å²) in [4.78, 5) is 4.23. The lowest BCUT2D eigenvalue weighted by Crippen LogP contribution is -2.15. The number of benzene rings is 1. The molecular formula is C15H20N2O3S. The number of aromatic nitrogens is 2. The van der Waals surface area contributed by atoms with Crippen molar-refractivity contribution in [2.24, 2.45) is 0 Å². The van der Waals surface area contributed by atoms with Crippen molar-refractivity contribution in [1.29, 1.82) is 0 Å². The molecule has 2 aromatic rings. The molecule has 6 heteroatoms. The van der Waals surface area contributed by atoms with E-state index in [9.17, 15) is 8.42 Å². The van der Waals surface area contributed by atoms with Gasteiger partial charge in [-0.2, -0.15) is 4.98 Å². The summed E-state index contributed by atoms with van der Waals surface area (Å²) in [6.07, 6.45) is 0. The molecule has 21 heavy (non-hydrogen) atoms. The summed E-state index contributed by atoms with van der Waals surface area (Å²) in [5.41, 5.74) is 0.477. The van der Waals surface area contributed by atoms with Gasteiger partial charge in [0.25, 0.3) is 0 Å². The fourth-order valence-electron chi connectivity index (χ4n) is 1.79. The Hall–Kier alpha value is -1.69. The molecule has 0 bridgehead atoms. The molecule has 0 aliphatic heterocycles. The van der Waals surface area contributed by atoms with Crippen molar-refractivity contribution in [1.82, 2.24) is 10.1 Å². The first-order valence-electron chi connectivity index (χ1n) is 6.80. The molecular weight excluding hydrogens is 288 g/mol. The average Bonchev–Trinajstić information content (AvgIpc) is 2.87. The van der Waals surface area contributed by atoms with Crippen molar-refractivity contribution in [2.75, 3.05) is 0 Å². The molecule has 0 radical (unpaired) electrons. The molecule has 1 atom stereocenters. The molecule has 0 saturated heterocycles. The van der Waals surface area contributed by atoms with Crippen LogP contribution in [0.5, 0.6) is 0 Å². The summed E-state index contributed by atoms with van der Waals surface area (Å²) in [5.74, 6) is 0.623. The van der Waals surface area contributed by atoms with Gasteiger partial charge in [0, 0.05) is 5.41 Å². The molecule has 0 unspecified atom stereocenters. The van der Waals surface area contributed by atoms with Gasteiger partial charge in [0.05, 0.1) is 5.75 Å². The Morgan fingerprint density at radius 1 is 1.19 bits per heavy atom. The topological polar surface area (TPSA) is 73.1 Å². The number of hydrogen-bond acceptors (Lipinski definition) is 5. The zero-order valence-electron chi connectivity index (χ0n) is 12.7. The number of hydrogen-bond donors (Lipinski definition) is 0. The zero-order chi connectivity index (χ0) is 15.7. The van der Waals surface area contributed by atoms with Crippen LogP contribution in [0.3, 0.4) is 0 Å². The molecule has 1 heterocycles. The standard InChI is InChI=1S/C15H20N2O3S/c1-11(13-16-14(17-20-13)15(2,3)4)21(18,19)10-12-8-6-5-7-9-12/h5-9,11H,10H2,1-4H3/t11-/m0/s1. The molecule has 0 aliphatic rings. The Morgan fingerprint density at radius 2 is 1.81 bits per heavy atom. The van der Waals surface area contributed by atoms with Crippen LogP contribution in [-0.4, -0.2) is 18.6 Å². The summed E-state index contributed by atoms with van der Waals surface area (Å²) >= 11 is 0. The van der Waals surface area contributed by atoms with E-state index in [2.05, 4.69) is 10.1 Å². The molecule has 0 spiro atoms. The normalized spacial score (nSPS) is 14.1. The van der Waals surface area contributed by atoms with E-state index in [0.29, 0.717) is 5.82 Å². The van der Waals surface area contributed by atoms with Gasteiger partial charge in [0.2, 0.25) is 5.89 Å². The van der Waals surface area contributed by atoms with Crippen LogP contribution in [0.25, 0.3) is 0 Å². The molecule has 114 valence electrons. The summed E-state index contributed by atoms with van der Waals surface area (Å²) < 4.78 is 30.0. The lowest BCUT2D eigenvalue weighted by molar-refractivity contribution is 0.361.